The number of carbonyl (C=O) groups is 2. The van der Waals surface area contributed by atoms with Gasteiger partial charge < -0.3 is 4.90 Å². The minimum Gasteiger partial charge on any atom is -0.306 e. The molecule has 1 aromatic carbocycles. The largest absolute Gasteiger partial charge is 0.328 e. The van der Waals surface area contributed by atoms with Crippen LogP contribution in [0.2, 0.25) is 0 Å². The number of anilines is 1. The van der Waals surface area contributed by atoms with Crippen LogP contribution in [0.5, 0.6) is 0 Å². The molecule has 0 atom stereocenters. The van der Waals surface area contributed by atoms with E-state index in [0.717, 1.165) is 42.5 Å². The van der Waals surface area contributed by atoms with E-state index < -0.39 is 0 Å². The summed E-state index contributed by atoms with van der Waals surface area (Å²) in [7, 11) is 2.15. The van der Waals surface area contributed by atoms with Crippen molar-refractivity contribution in [1.82, 2.24) is 20.0 Å². The maximum Gasteiger partial charge on any atom is 0.328 e. The smallest absolute Gasteiger partial charge is 0.306 e. The number of amides is 3. The SMILES string of the molecule is CN1CCC(n2ncc3cc(N4CCC(=O)NC4=O)ccc32)CC1. The molecule has 0 unspecified atom stereocenters. The van der Waals surface area contributed by atoms with E-state index in [9.17, 15) is 9.59 Å². The molecule has 2 saturated heterocycles. The first-order valence-corrected chi connectivity index (χ1v) is 8.39. The Morgan fingerprint density at radius 2 is 1.96 bits per heavy atom. The average Bonchev–Trinajstić information content (AvgIpc) is 2.99. The predicted molar refractivity (Wildman–Crippen MR) is 91.0 cm³/mol. The zero-order valence-electron chi connectivity index (χ0n) is 13.7. The van der Waals surface area contributed by atoms with Gasteiger partial charge in [0.05, 0.1) is 17.8 Å². The standard InChI is InChI=1S/C17H21N5O2/c1-20-7-4-13(5-8-20)22-15-3-2-14(10-12(15)11-18-22)21-9-6-16(23)19-17(21)24/h2-3,10-11,13H,4-9H2,1H3,(H,19,23,24). The Labute approximate surface area is 140 Å². The molecule has 0 bridgehead atoms. The lowest BCUT2D eigenvalue weighted by molar-refractivity contribution is -0.120. The number of imide groups is 1. The van der Waals surface area contributed by atoms with Crippen LogP contribution in [0.25, 0.3) is 10.9 Å². The molecule has 7 nitrogen and oxygen atoms in total. The molecule has 2 aliphatic rings. The van der Waals surface area contributed by atoms with Gasteiger partial charge in [-0.25, -0.2) is 4.79 Å². The van der Waals surface area contributed by atoms with E-state index in [2.05, 4.69) is 27.0 Å². The fourth-order valence-corrected chi connectivity index (χ4v) is 3.55. The second-order valence-electron chi connectivity index (χ2n) is 6.62. The minimum atomic E-state index is -0.353. The van der Waals surface area contributed by atoms with Crippen molar-refractivity contribution in [1.29, 1.82) is 0 Å². The van der Waals surface area contributed by atoms with Crippen LogP contribution in [0.15, 0.2) is 24.4 Å². The highest BCUT2D eigenvalue weighted by Crippen LogP contribution is 2.28. The zero-order chi connectivity index (χ0) is 16.7. The maximum absolute atomic E-state index is 12.0. The molecule has 7 heteroatoms. The predicted octanol–water partition coefficient (Wildman–Crippen LogP) is 1.75. The Morgan fingerprint density at radius 1 is 1.17 bits per heavy atom. The number of fused-ring (bicyclic) bond motifs is 1. The molecule has 0 saturated carbocycles. The normalized spacial score (nSPS) is 20.6. The average molecular weight is 327 g/mol. The Balaban J connectivity index is 1.61. The van der Waals surface area contributed by atoms with Crippen molar-refractivity contribution in [3.8, 4) is 0 Å². The molecule has 1 N–H and O–H groups in total. The molecule has 3 heterocycles. The fourth-order valence-electron chi connectivity index (χ4n) is 3.55. The van der Waals surface area contributed by atoms with E-state index in [-0.39, 0.29) is 11.9 Å². The fraction of sp³-hybridized carbons (Fsp3) is 0.471. The van der Waals surface area contributed by atoms with Gasteiger partial charge in [0.15, 0.2) is 0 Å². The van der Waals surface area contributed by atoms with Crippen LogP contribution >= 0.6 is 0 Å². The third kappa shape index (κ3) is 2.65. The zero-order valence-corrected chi connectivity index (χ0v) is 13.7. The van der Waals surface area contributed by atoms with E-state index in [4.69, 9.17) is 0 Å². The molecule has 24 heavy (non-hydrogen) atoms. The van der Waals surface area contributed by atoms with Gasteiger partial charge in [0, 0.05) is 24.0 Å². The van der Waals surface area contributed by atoms with Crippen molar-refractivity contribution in [2.24, 2.45) is 0 Å². The number of likely N-dealkylation sites (tertiary alicyclic amines) is 1. The van der Waals surface area contributed by atoms with Gasteiger partial charge in [0.1, 0.15) is 0 Å². The lowest BCUT2D eigenvalue weighted by atomic mass is 10.1. The van der Waals surface area contributed by atoms with Gasteiger partial charge in [-0.05, 0) is 51.2 Å². The molecule has 2 fully saturated rings. The van der Waals surface area contributed by atoms with Crippen molar-refractivity contribution in [2.45, 2.75) is 25.3 Å². The molecule has 0 radical (unpaired) electrons. The van der Waals surface area contributed by atoms with Gasteiger partial charge in [-0.15, -0.1) is 0 Å². The van der Waals surface area contributed by atoms with Crippen LogP contribution in [-0.4, -0.2) is 53.3 Å². The summed E-state index contributed by atoms with van der Waals surface area (Å²) >= 11 is 0. The van der Waals surface area contributed by atoms with E-state index in [0.29, 0.717) is 19.0 Å². The number of urea groups is 1. The maximum atomic E-state index is 12.0. The highest BCUT2D eigenvalue weighted by molar-refractivity contribution is 6.06. The van der Waals surface area contributed by atoms with Gasteiger partial charge in [0.25, 0.3) is 0 Å². The molecule has 3 amide bonds. The highest BCUT2D eigenvalue weighted by Gasteiger charge is 2.25. The van der Waals surface area contributed by atoms with Crippen LogP contribution in [0.1, 0.15) is 25.3 Å². The first kappa shape index (κ1) is 15.1. The number of rotatable bonds is 2. The Morgan fingerprint density at radius 3 is 2.71 bits per heavy atom. The van der Waals surface area contributed by atoms with Gasteiger partial charge in [-0.2, -0.15) is 5.10 Å². The summed E-state index contributed by atoms with van der Waals surface area (Å²) in [5, 5.41) is 7.97. The van der Waals surface area contributed by atoms with Crippen LogP contribution in [0.3, 0.4) is 0 Å². The molecule has 0 aliphatic carbocycles. The van der Waals surface area contributed by atoms with Gasteiger partial charge >= 0.3 is 6.03 Å². The number of aromatic nitrogens is 2. The summed E-state index contributed by atoms with van der Waals surface area (Å²) in [6.45, 7) is 2.59. The van der Waals surface area contributed by atoms with Crippen LogP contribution < -0.4 is 10.2 Å². The minimum absolute atomic E-state index is 0.215. The number of nitrogens with one attached hydrogen (secondary N) is 1. The second-order valence-corrected chi connectivity index (χ2v) is 6.62. The van der Waals surface area contributed by atoms with Gasteiger partial charge in [-0.1, -0.05) is 0 Å². The van der Waals surface area contributed by atoms with Crippen molar-refractivity contribution >= 4 is 28.5 Å². The second kappa shape index (κ2) is 5.90. The number of hydrogen-bond acceptors (Lipinski definition) is 4. The molecular formula is C17H21N5O2. The molecule has 2 aromatic rings. The van der Waals surface area contributed by atoms with Gasteiger partial charge in [0.2, 0.25) is 5.91 Å². The van der Waals surface area contributed by atoms with E-state index in [1.165, 1.54) is 0 Å². The van der Waals surface area contributed by atoms with E-state index in [1.807, 2.05) is 24.4 Å². The summed E-state index contributed by atoms with van der Waals surface area (Å²) in [4.78, 5) is 27.2. The van der Waals surface area contributed by atoms with Crippen molar-refractivity contribution < 1.29 is 9.59 Å². The number of carbonyl (C=O) groups excluding carboxylic acids is 2. The first-order valence-electron chi connectivity index (χ1n) is 8.39. The summed E-state index contributed by atoms with van der Waals surface area (Å²) in [6, 6.07) is 6.02. The summed E-state index contributed by atoms with van der Waals surface area (Å²) in [5.74, 6) is -0.215. The molecule has 2 aliphatic heterocycles. The molecule has 1 aromatic heterocycles. The van der Waals surface area contributed by atoms with Crippen molar-refractivity contribution in [3.05, 3.63) is 24.4 Å². The van der Waals surface area contributed by atoms with Crippen LogP contribution in [0, 0.1) is 0 Å². The van der Waals surface area contributed by atoms with E-state index in [1.54, 1.807) is 4.90 Å². The van der Waals surface area contributed by atoms with Crippen molar-refractivity contribution in [2.75, 3.05) is 31.6 Å². The van der Waals surface area contributed by atoms with Crippen molar-refractivity contribution in [3.63, 3.8) is 0 Å². The summed E-state index contributed by atoms with van der Waals surface area (Å²) in [6.07, 6.45) is 4.40. The van der Waals surface area contributed by atoms with Crippen LogP contribution in [-0.2, 0) is 4.79 Å². The monoisotopic (exact) mass is 327 g/mol. The third-order valence-corrected chi connectivity index (χ3v) is 4.98. The number of hydrogen-bond donors (Lipinski definition) is 1. The highest BCUT2D eigenvalue weighted by atomic mass is 16.2. The Hall–Kier alpha value is -2.41. The van der Waals surface area contributed by atoms with Gasteiger partial charge in [-0.3, -0.25) is 19.7 Å². The lowest BCUT2D eigenvalue weighted by Crippen LogP contribution is -2.49. The molecule has 126 valence electrons. The Kier molecular flexibility index (Phi) is 3.72. The van der Waals surface area contributed by atoms with E-state index >= 15 is 0 Å². The number of benzene rings is 1. The Bertz CT molecular complexity index is 791. The van der Waals surface area contributed by atoms with Crippen LogP contribution in [0.4, 0.5) is 10.5 Å². The quantitative estimate of drug-likeness (QED) is 0.912. The topological polar surface area (TPSA) is 70.5 Å². The number of piperidine rings is 1. The molecule has 0 spiro atoms. The summed E-state index contributed by atoms with van der Waals surface area (Å²) in [5.41, 5.74) is 1.90. The number of nitrogens with zero attached hydrogens (tertiary/aromatic N) is 4. The lowest BCUT2D eigenvalue weighted by Gasteiger charge is -2.29. The summed E-state index contributed by atoms with van der Waals surface area (Å²) < 4.78 is 2.12. The molecular weight excluding hydrogens is 306 g/mol. The molecule has 4 rings (SSSR count). The third-order valence-electron chi connectivity index (χ3n) is 4.98. The first-order chi connectivity index (χ1) is 11.6.